The maximum Gasteiger partial charge on any atom is 0.244 e. The molecule has 5 heteroatoms. The third-order valence-corrected chi connectivity index (χ3v) is 4.73. The minimum atomic E-state index is -0.133. The number of halogens is 1. The average molecular weight is 371 g/mol. The van der Waals surface area contributed by atoms with Crippen LogP contribution in [0, 0.1) is 0 Å². The summed E-state index contributed by atoms with van der Waals surface area (Å²) in [4.78, 5) is 14.5. The van der Waals surface area contributed by atoms with Crippen molar-refractivity contribution >= 4 is 23.6 Å². The van der Waals surface area contributed by atoms with Crippen LogP contribution in [0.25, 0.3) is 6.08 Å². The van der Waals surface area contributed by atoms with Gasteiger partial charge in [-0.1, -0.05) is 54.1 Å². The van der Waals surface area contributed by atoms with Crippen LogP contribution in [0.3, 0.4) is 0 Å². The van der Waals surface area contributed by atoms with Gasteiger partial charge in [-0.05, 0) is 28.8 Å². The van der Waals surface area contributed by atoms with Crippen LogP contribution < -0.4 is 5.32 Å². The van der Waals surface area contributed by atoms with Gasteiger partial charge in [-0.25, -0.2) is 0 Å². The van der Waals surface area contributed by atoms with E-state index in [0.717, 1.165) is 44.0 Å². The molecule has 0 bridgehead atoms. The fourth-order valence-corrected chi connectivity index (χ4v) is 3.10. The molecule has 0 spiro atoms. The number of nitrogens with zero attached hydrogens (tertiary/aromatic N) is 1. The van der Waals surface area contributed by atoms with Crippen molar-refractivity contribution in [2.24, 2.45) is 0 Å². The van der Waals surface area contributed by atoms with Gasteiger partial charge < -0.3 is 10.1 Å². The molecule has 1 aliphatic heterocycles. The van der Waals surface area contributed by atoms with E-state index in [0.29, 0.717) is 11.6 Å². The van der Waals surface area contributed by atoms with E-state index in [9.17, 15) is 4.79 Å². The second-order valence-corrected chi connectivity index (χ2v) is 6.64. The zero-order valence-electron chi connectivity index (χ0n) is 14.7. The van der Waals surface area contributed by atoms with Crippen molar-refractivity contribution in [2.75, 3.05) is 26.3 Å². The number of morpholine rings is 1. The second-order valence-electron chi connectivity index (χ2n) is 6.23. The van der Waals surface area contributed by atoms with Crippen LogP contribution in [0.2, 0.25) is 5.02 Å². The van der Waals surface area contributed by atoms with Crippen LogP contribution in [0.5, 0.6) is 0 Å². The maximum atomic E-state index is 12.1. The van der Waals surface area contributed by atoms with Gasteiger partial charge >= 0.3 is 0 Å². The summed E-state index contributed by atoms with van der Waals surface area (Å²) in [7, 11) is 0. The van der Waals surface area contributed by atoms with E-state index >= 15 is 0 Å². The van der Waals surface area contributed by atoms with Gasteiger partial charge in [0.1, 0.15) is 0 Å². The Kier molecular flexibility index (Phi) is 6.83. The number of carbonyl (C=O) groups is 1. The molecule has 1 aliphatic rings. The molecule has 1 fully saturated rings. The molecule has 0 aromatic heterocycles. The molecule has 1 heterocycles. The van der Waals surface area contributed by atoms with Crippen molar-refractivity contribution in [1.82, 2.24) is 10.2 Å². The fourth-order valence-electron chi connectivity index (χ4n) is 2.90. The first kappa shape index (κ1) is 18.6. The minimum absolute atomic E-state index is 0.133. The van der Waals surface area contributed by atoms with E-state index in [4.69, 9.17) is 16.3 Å². The molecule has 136 valence electrons. The van der Waals surface area contributed by atoms with Gasteiger partial charge in [0.15, 0.2) is 0 Å². The summed E-state index contributed by atoms with van der Waals surface area (Å²) in [6, 6.07) is 15.7. The van der Waals surface area contributed by atoms with Crippen LogP contribution in [0.15, 0.2) is 54.6 Å². The Balaban J connectivity index is 1.57. The second kappa shape index (κ2) is 9.53. The molecule has 1 saturated heterocycles. The van der Waals surface area contributed by atoms with Crippen LogP contribution in [-0.2, 0) is 22.6 Å². The van der Waals surface area contributed by atoms with E-state index in [1.807, 2.05) is 30.3 Å². The van der Waals surface area contributed by atoms with Crippen LogP contribution >= 0.6 is 11.6 Å². The molecular weight excluding hydrogens is 348 g/mol. The van der Waals surface area contributed by atoms with Gasteiger partial charge in [0.2, 0.25) is 5.91 Å². The quantitative estimate of drug-likeness (QED) is 0.791. The van der Waals surface area contributed by atoms with Crippen molar-refractivity contribution in [1.29, 1.82) is 0 Å². The molecule has 0 radical (unpaired) electrons. The summed E-state index contributed by atoms with van der Waals surface area (Å²) in [6.07, 6.45) is 3.25. The molecular formula is C21H23ClN2O2. The third-order valence-electron chi connectivity index (χ3n) is 4.39. The molecule has 2 aromatic rings. The predicted octanol–water partition coefficient (Wildman–Crippen LogP) is 3.50. The fraction of sp³-hybridized carbons (Fsp3) is 0.286. The standard InChI is InChI=1S/C21H23ClN2O2/c22-20-8-4-3-5-17(20)9-10-21(25)23-15-18-6-1-2-7-19(18)16-24-11-13-26-14-12-24/h1-10H,11-16H2,(H,23,25)/b10-9+. The number of nitrogens with one attached hydrogen (secondary N) is 1. The zero-order valence-corrected chi connectivity index (χ0v) is 15.4. The predicted molar refractivity (Wildman–Crippen MR) is 105 cm³/mol. The monoisotopic (exact) mass is 370 g/mol. The summed E-state index contributed by atoms with van der Waals surface area (Å²) >= 11 is 6.10. The van der Waals surface area contributed by atoms with Gasteiger partial charge in [-0.15, -0.1) is 0 Å². The van der Waals surface area contributed by atoms with Gasteiger partial charge in [0.05, 0.1) is 13.2 Å². The number of benzene rings is 2. The highest BCUT2D eigenvalue weighted by atomic mass is 35.5. The largest absolute Gasteiger partial charge is 0.379 e. The topological polar surface area (TPSA) is 41.6 Å². The average Bonchev–Trinajstić information content (AvgIpc) is 2.67. The van der Waals surface area contributed by atoms with Crippen molar-refractivity contribution < 1.29 is 9.53 Å². The normalized spacial score (nSPS) is 15.3. The highest BCUT2D eigenvalue weighted by Gasteiger charge is 2.12. The van der Waals surface area contributed by atoms with Crippen molar-refractivity contribution in [3.05, 3.63) is 76.3 Å². The van der Waals surface area contributed by atoms with E-state index in [-0.39, 0.29) is 5.91 Å². The molecule has 1 amide bonds. The highest BCUT2D eigenvalue weighted by Crippen LogP contribution is 2.16. The zero-order chi connectivity index (χ0) is 18.2. The number of carbonyl (C=O) groups excluding carboxylic acids is 1. The first-order valence-electron chi connectivity index (χ1n) is 8.80. The molecule has 26 heavy (non-hydrogen) atoms. The lowest BCUT2D eigenvalue weighted by molar-refractivity contribution is -0.116. The van der Waals surface area contributed by atoms with Crippen molar-refractivity contribution in [3.63, 3.8) is 0 Å². The van der Waals surface area contributed by atoms with Gasteiger partial charge in [0, 0.05) is 37.3 Å². The number of ether oxygens (including phenoxy) is 1. The molecule has 0 saturated carbocycles. The molecule has 2 aromatic carbocycles. The minimum Gasteiger partial charge on any atom is -0.379 e. The molecule has 3 rings (SSSR count). The van der Waals surface area contributed by atoms with Gasteiger partial charge in [-0.2, -0.15) is 0 Å². The SMILES string of the molecule is O=C(/C=C/c1ccccc1Cl)NCc1ccccc1CN1CCOCC1. The Bertz CT molecular complexity index is 770. The van der Waals surface area contributed by atoms with E-state index in [1.54, 1.807) is 12.1 Å². The third kappa shape index (κ3) is 5.43. The smallest absolute Gasteiger partial charge is 0.244 e. The van der Waals surface area contributed by atoms with Gasteiger partial charge in [-0.3, -0.25) is 9.69 Å². The summed E-state index contributed by atoms with van der Waals surface area (Å²) in [5.41, 5.74) is 3.21. The van der Waals surface area contributed by atoms with E-state index in [2.05, 4.69) is 22.3 Å². The summed E-state index contributed by atoms with van der Waals surface area (Å²) in [5, 5.41) is 3.59. The Hall–Kier alpha value is -2.14. The van der Waals surface area contributed by atoms with Crippen LogP contribution in [-0.4, -0.2) is 37.1 Å². The first-order chi connectivity index (χ1) is 12.7. The number of rotatable bonds is 6. The van der Waals surface area contributed by atoms with Gasteiger partial charge in [0.25, 0.3) is 0 Å². The highest BCUT2D eigenvalue weighted by molar-refractivity contribution is 6.32. The summed E-state index contributed by atoms with van der Waals surface area (Å²) in [5.74, 6) is -0.133. The van der Waals surface area contributed by atoms with Crippen LogP contribution in [0.4, 0.5) is 0 Å². The lowest BCUT2D eigenvalue weighted by Gasteiger charge is -2.27. The molecule has 0 atom stereocenters. The Morgan fingerprint density at radius 2 is 1.77 bits per heavy atom. The lowest BCUT2D eigenvalue weighted by Crippen LogP contribution is -2.36. The number of amides is 1. The Morgan fingerprint density at radius 1 is 1.08 bits per heavy atom. The Labute approximate surface area is 159 Å². The maximum absolute atomic E-state index is 12.1. The van der Waals surface area contributed by atoms with Crippen molar-refractivity contribution in [2.45, 2.75) is 13.1 Å². The number of hydrogen-bond acceptors (Lipinski definition) is 3. The summed E-state index contributed by atoms with van der Waals surface area (Å²) in [6.45, 7) is 4.84. The molecule has 0 unspecified atom stereocenters. The lowest BCUT2D eigenvalue weighted by atomic mass is 10.1. The first-order valence-corrected chi connectivity index (χ1v) is 9.17. The van der Waals surface area contributed by atoms with E-state index in [1.165, 1.54) is 11.6 Å². The molecule has 1 N–H and O–H groups in total. The number of hydrogen-bond donors (Lipinski definition) is 1. The summed E-state index contributed by atoms with van der Waals surface area (Å²) < 4.78 is 5.40. The molecule has 4 nitrogen and oxygen atoms in total. The van der Waals surface area contributed by atoms with Crippen LogP contribution in [0.1, 0.15) is 16.7 Å². The molecule has 0 aliphatic carbocycles. The Morgan fingerprint density at radius 3 is 2.54 bits per heavy atom. The van der Waals surface area contributed by atoms with Crippen molar-refractivity contribution in [3.8, 4) is 0 Å². The van der Waals surface area contributed by atoms with E-state index < -0.39 is 0 Å².